The van der Waals surface area contributed by atoms with Crippen molar-refractivity contribution < 1.29 is 9.59 Å². The highest BCUT2D eigenvalue weighted by Gasteiger charge is 2.27. The van der Waals surface area contributed by atoms with Gasteiger partial charge in [-0.25, -0.2) is 0 Å². The third kappa shape index (κ3) is 4.72. The molecule has 1 unspecified atom stereocenters. The van der Waals surface area contributed by atoms with Crippen LogP contribution in [0.15, 0.2) is 36.4 Å². The van der Waals surface area contributed by atoms with Crippen LogP contribution in [0, 0.1) is 11.3 Å². The third-order valence-corrected chi connectivity index (χ3v) is 6.45. The van der Waals surface area contributed by atoms with Crippen LogP contribution in [0.25, 0.3) is 0 Å². The molecular weight excluding hydrogens is 426 g/mol. The van der Waals surface area contributed by atoms with Crippen LogP contribution in [-0.4, -0.2) is 49.9 Å². The SMILES string of the molecule is CN1CCc2cc(C(CNC(=O)C(=O)Nc3cc(Cl)ccc3C#N)N3CCCC3)ccc21. The maximum Gasteiger partial charge on any atom is 0.313 e. The molecule has 2 aliphatic rings. The molecule has 8 heteroatoms. The Morgan fingerprint density at radius 2 is 1.91 bits per heavy atom. The predicted molar refractivity (Wildman–Crippen MR) is 125 cm³/mol. The quantitative estimate of drug-likeness (QED) is 0.682. The monoisotopic (exact) mass is 451 g/mol. The molecule has 2 aromatic rings. The lowest BCUT2D eigenvalue weighted by Crippen LogP contribution is -2.41. The molecule has 0 radical (unpaired) electrons. The fraction of sp³-hybridized carbons (Fsp3) is 0.375. The van der Waals surface area contributed by atoms with E-state index >= 15 is 0 Å². The minimum absolute atomic E-state index is 0.00583. The number of anilines is 2. The van der Waals surface area contributed by atoms with Gasteiger partial charge in [-0.05, 0) is 67.7 Å². The Morgan fingerprint density at radius 1 is 1.12 bits per heavy atom. The molecule has 32 heavy (non-hydrogen) atoms. The van der Waals surface area contributed by atoms with Crippen LogP contribution in [-0.2, 0) is 16.0 Å². The van der Waals surface area contributed by atoms with E-state index in [-0.39, 0.29) is 17.3 Å². The van der Waals surface area contributed by atoms with Gasteiger partial charge in [-0.3, -0.25) is 14.5 Å². The van der Waals surface area contributed by atoms with Gasteiger partial charge in [0.1, 0.15) is 6.07 Å². The van der Waals surface area contributed by atoms with Crippen molar-refractivity contribution in [1.29, 1.82) is 5.26 Å². The zero-order valence-electron chi connectivity index (χ0n) is 18.0. The molecule has 1 saturated heterocycles. The molecule has 1 fully saturated rings. The van der Waals surface area contributed by atoms with Crippen molar-refractivity contribution in [3.05, 3.63) is 58.1 Å². The standard InChI is InChI=1S/C24H26ClN5O2/c1-29-11-8-17-12-16(5-7-21(17)29)22(30-9-2-3-10-30)15-27-23(31)24(32)28-20-13-19(25)6-4-18(20)14-26/h4-7,12-13,22H,2-3,8-11,15H2,1H3,(H,27,31)(H,28,32). The zero-order chi connectivity index (χ0) is 22.7. The largest absolute Gasteiger partial charge is 0.374 e. The molecule has 0 spiro atoms. The number of nitrogens with one attached hydrogen (secondary N) is 2. The number of rotatable bonds is 5. The van der Waals surface area contributed by atoms with E-state index in [0.717, 1.165) is 44.5 Å². The molecule has 2 amide bonds. The van der Waals surface area contributed by atoms with Gasteiger partial charge in [0.2, 0.25) is 0 Å². The van der Waals surface area contributed by atoms with E-state index in [4.69, 9.17) is 11.6 Å². The van der Waals surface area contributed by atoms with Crippen molar-refractivity contribution in [3.8, 4) is 6.07 Å². The molecule has 0 aliphatic carbocycles. The van der Waals surface area contributed by atoms with Crippen LogP contribution in [0.2, 0.25) is 5.02 Å². The molecule has 0 bridgehead atoms. The first kappa shape index (κ1) is 22.1. The second kappa shape index (κ2) is 9.60. The summed E-state index contributed by atoms with van der Waals surface area (Å²) in [7, 11) is 2.10. The van der Waals surface area contributed by atoms with Gasteiger partial charge in [0.25, 0.3) is 0 Å². The lowest BCUT2D eigenvalue weighted by atomic mass is 10.0. The molecule has 2 aromatic carbocycles. The number of amides is 2. The smallest absolute Gasteiger partial charge is 0.313 e. The van der Waals surface area contributed by atoms with E-state index in [9.17, 15) is 14.9 Å². The number of nitrogens with zero attached hydrogens (tertiary/aromatic N) is 3. The number of hydrogen-bond donors (Lipinski definition) is 2. The molecule has 0 saturated carbocycles. The van der Waals surface area contributed by atoms with Crippen molar-refractivity contribution in [3.63, 3.8) is 0 Å². The summed E-state index contributed by atoms with van der Waals surface area (Å²) in [6.45, 7) is 3.29. The number of hydrogen-bond acceptors (Lipinski definition) is 5. The summed E-state index contributed by atoms with van der Waals surface area (Å²) in [6.07, 6.45) is 3.27. The lowest BCUT2D eigenvalue weighted by molar-refractivity contribution is -0.136. The van der Waals surface area contributed by atoms with Gasteiger partial charge < -0.3 is 15.5 Å². The van der Waals surface area contributed by atoms with Crippen molar-refractivity contribution in [2.45, 2.75) is 25.3 Å². The Labute approximate surface area is 192 Å². The summed E-state index contributed by atoms with van der Waals surface area (Å²) < 4.78 is 0. The topological polar surface area (TPSA) is 88.5 Å². The molecule has 1 atom stereocenters. The number of halogens is 1. The maximum absolute atomic E-state index is 12.5. The van der Waals surface area contributed by atoms with E-state index in [1.54, 1.807) is 6.07 Å². The molecule has 2 aliphatic heterocycles. The summed E-state index contributed by atoms with van der Waals surface area (Å²) in [5, 5.41) is 14.9. The van der Waals surface area contributed by atoms with Crippen LogP contribution in [0.3, 0.4) is 0 Å². The molecule has 0 aromatic heterocycles. The molecule has 166 valence electrons. The summed E-state index contributed by atoms with van der Waals surface area (Å²) in [5.41, 5.74) is 4.20. The molecule has 2 N–H and O–H groups in total. The second-order valence-corrected chi connectivity index (χ2v) is 8.72. The van der Waals surface area contributed by atoms with Gasteiger partial charge >= 0.3 is 11.8 Å². The van der Waals surface area contributed by atoms with Crippen molar-refractivity contribution in [2.75, 3.05) is 43.4 Å². The third-order valence-electron chi connectivity index (χ3n) is 6.21. The minimum Gasteiger partial charge on any atom is -0.374 e. The second-order valence-electron chi connectivity index (χ2n) is 8.28. The Morgan fingerprint density at radius 3 is 2.66 bits per heavy atom. The van der Waals surface area contributed by atoms with Gasteiger partial charge in [-0.2, -0.15) is 5.26 Å². The van der Waals surface area contributed by atoms with Gasteiger partial charge in [0.15, 0.2) is 0 Å². The predicted octanol–water partition coefficient (Wildman–Crippen LogP) is 3.10. The normalized spacial score (nSPS) is 16.3. The van der Waals surface area contributed by atoms with Crippen LogP contribution in [0.4, 0.5) is 11.4 Å². The van der Waals surface area contributed by atoms with Crippen molar-refractivity contribution in [1.82, 2.24) is 10.2 Å². The molecule has 4 rings (SSSR count). The summed E-state index contributed by atoms with van der Waals surface area (Å²) in [4.78, 5) is 29.6. The van der Waals surface area contributed by atoms with E-state index < -0.39 is 11.8 Å². The Hall–Kier alpha value is -3.08. The minimum atomic E-state index is -0.820. The molecular formula is C24H26ClN5O2. The van der Waals surface area contributed by atoms with Gasteiger partial charge in [-0.15, -0.1) is 0 Å². The van der Waals surface area contributed by atoms with Crippen LogP contribution >= 0.6 is 11.6 Å². The molecule has 7 nitrogen and oxygen atoms in total. The van der Waals surface area contributed by atoms with Crippen LogP contribution in [0.5, 0.6) is 0 Å². The Kier molecular flexibility index (Phi) is 6.63. The average molecular weight is 452 g/mol. The van der Waals surface area contributed by atoms with E-state index in [0.29, 0.717) is 11.6 Å². The number of nitriles is 1. The number of likely N-dealkylation sites (tertiary alicyclic amines) is 1. The maximum atomic E-state index is 12.5. The van der Waals surface area contributed by atoms with Crippen LogP contribution < -0.4 is 15.5 Å². The fourth-order valence-corrected chi connectivity index (χ4v) is 4.64. The first-order chi connectivity index (χ1) is 15.5. The number of likely N-dealkylation sites (N-methyl/N-ethyl adjacent to an activating group) is 1. The lowest BCUT2D eigenvalue weighted by Gasteiger charge is -2.28. The summed E-state index contributed by atoms with van der Waals surface area (Å²) in [6, 6.07) is 13.0. The van der Waals surface area contributed by atoms with Gasteiger partial charge in [0, 0.05) is 30.8 Å². The van der Waals surface area contributed by atoms with E-state index in [1.165, 1.54) is 23.4 Å². The number of fused-ring (bicyclic) bond motifs is 1. The fourth-order valence-electron chi connectivity index (χ4n) is 4.47. The first-order valence-electron chi connectivity index (χ1n) is 10.8. The zero-order valence-corrected chi connectivity index (χ0v) is 18.8. The number of carbonyl (C=O) groups is 2. The van der Waals surface area contributed by atoms with Crippen LogP contribution in [0.1, 0.15) is 35.6 Å². The van der Waals surface area contributed by atoms with Gasteiger partial charge in [0.05, 0.1) is 17.3 Å². The first-order valence-corrected chi connectivity index (χ1v) is 11.2. The summed E-state index contributed by atoms with van der Waals surface area (Å²) in [5.74, 6) is -1.56. The van der Waals surface area contributed by atoms with Gasteiger partial charge in [-0.1, -0.05) is 23.7 Å². The summed E-state index contributed by atoms with van der Waals surface area (Å²) >= 11 is 5.96. The Bertz CT molecular complexity index is 1070. The molecule has 2 heterocycles. The number of benzene rings is 2. The van der Waals surface area contributed by atoms with E-state index in [1.807, 2.05) is 6.07 Å². The Balaban J connectivity index is 1.45. The van der Waals surface area contributed by atoms with E-state index in [2.05, 4.69) is 45.7 Å². The highest BCUT2D eigenvalue weighted by atomic mass is 35.5. The van der Waals surface area contributed by atoms with Crippen molar-refractivity contribution >= 4 is 34.8 Å². The highest BCUT2D eigenvalue weighted by Crippen LogP contribution is 2.32. The average Bonchev–Trinajstić information content (AvgIpc) is 3.44. The van der Waals surface area contributed by atoms with Crippen molar-refractivity contribution in [2.24, 2.45) is 0 Å². The number of carbonyl (C=O) groups excluding carboxylic acids is 2. The highest BCUT2D eigenvalue weighted by molar-refractivity contribution is 6.40.